The fourth-order valence-electron chi connectivity index (χ4n) is 5.08. The number of aromatic nitrogens is 2. The molecule has 0 radical (unpaired) electrons. The van der Waals surface area contributed by atoms with Gasteiger partial charge in [-0.2, -0.15) is 0 Å². The number of benzene rings is 1. The molecule has 11 heteroatoms. The zero-order chi connectivity index (χ0) is 25.9. The maximum Gasteiger partial charge on any atom is 0.417 e. The number of anilines is 1. The van der Waals surface area contributed by atoms with Gasteiger partial charge in [0.2, 0.25) is 11.8 Å². The van der Waals surface area contributed by atoms with Crippen molar-refractivity contribution in [3.05, 3.63) is 57.7 Å². The number of carboxylic acids is 1. The molecular formula is C26H29N5O6. The summed E-state index contributed by atoms with van der Waals surface area (Å²) in [4.78, 5) is 57.4. The minimum absolute atomic E-state index is 0.0727. The Bertz CT molecular complexity index is 1400. The molecule has 2 aliphatic heterocycles. The van der Waals surface area contributed by atoms with Crippen LogP contribution in [0.5, 0.6) is 0 Å². The second-order valence-electron chi connectivity index (χ2n) is 9.61. The summed E-state index contributed by atoms with van der Waals surface area (Å²) in [5.41, 5.74) is 3.41. The molecule has 1 fully saturated rings. The molecule has 4 N–H and O–H groups in total. The molecule has 0 aliphatic carbocycles. The van der Waals surface area contributed by atoms with Crippen LogP contribution in [-0.4, -0.2) is 57.4 Å². The first kappa shape index (κ1) is 24.5. The van der Waals surface area contributed by atoms with Crippen LogP contribution < -0.4 is 16.4 Å². The number of aliphatic carboxylic acids is 1. The van der Waals surface area contributed by atoms with Crippen LogP contribution in [0, 0.1) is 5.92 Å². The first-order valence-electron chi connectivity index (χ1n) is 12.5. The minimum Gasteiger partial charge on any atom is -0.481 e. The summed E-state index contributed by atoms with van der Waals surface area (Å²) in [7, 11) is 0. The van der Waals surface area contributed by atoms with Gasteiger partial charge < -0.3 is 25.1 Å². The second-order valence-corrected chi connectivity index (χ2v) is 9.61. The molecule has 2 amide bonds. The lowest BCUT2D eigenvalue weighted by atomic mass is 9.99. The summed E-state index contributed by atoms with van der Waals surface area (Å²) in [6.45, 7) is 1.25. The summed E-state index contributed by atoms with van der Waals surface area (Å²) in [5.74, 6) is -1.47. The topological polar surface area (TPSA) is 158 Å². The quantitative estimate of drug-likeness (QED) is 0.342. The Morgan fingerprint density at radius 3 is 2.95 bits per heavy atom. The van der Waals surface area contributed by atoms with Crippen molar-refractivity contribution in [3.63, 3.8) is 0 Å². The number of pyridine rings is 1. The lowest BCUT2D eigenvalue weighted by molar-refractivity contribution is -0.138. The molecule has 3 aromatic rings. The molecule has 11 nitrogen and oxygen atoms in total. The van der Waals surface area contributed by atoms with E-state index in [1.54, 1.807) is 12.1 Å². The van der Waals surface area contributed by atoms with Crippen LogP contribution in [0.25, 0.3) is 11.1 Å². The second kappa shape index (κ2) is 10.5. The van der Waals surface area contributed by atoms with Crippen molar-refractivity contribution in [2.24, 2.45) is 5.92 Å². The molecule has 0 unspecified atom stereocenters. The van der Waals surface area contributed by atoms with Crippen molar-refractivity contribution in [2.75, 3.05) is 25.0 Å². The van der Waals surface area contributed by atoms with E-state index in [0.29, 0.717) is 36.9 Å². The summed E-state index contributed by atoms with van der Waals surface area (Å²) in [6, 6.07) is 8.04. The first-order valence-corrected chi connectivity index (χ1v) is 12.5. The van der Waals surface area contributed by atoms with Crippen LogP contribution in [0.4, 0.5) is 5.82 Å². The number of oxazole rings is 1. The van der Waals surface area contributed by atoms with E-state index >= 15 is 0 Å². The molecule has 194 valence electrons. The molecule has 0 saturated carbocycles. The third kappa shape index (κ3) is 5.65. The van der Waals surface area contributed by atoms with E-state index in [1.807, 2.05) is 6.07 Å². The highest BCUT2D eigenvalue weighted by Gasteiger charge is 2.33. The average molecular weight is 508 g/mol. The lowest BCUT2D eigenvalue weighted by Gasteiger charge is -2.21. The number of carbonyl (C=O) groups is 3. The number of nitrogens with one attached hydrogen (secondary N) is 3. The van der Waals surface area contributed by atoms with Gasteiger partial charge in [0, 0.05) is 24.7 Å². The molecule has 37 heavy (non-hydrogen) atoms. The number of aryl methyl sites for hydroxylation is 2. The van der Waals surface area contributed by atoms with Crippen molar-refractivity contribution >= 4 is 34.7 Å². The Balaban J connectivity index is 1.17. The van der Waals surface area contributed by atoms with E-state index < -0.39 is 23.7 Å². The van der Waals surface area contributed by atoms with Gasteiger partial charge in [0.1, 0.15) is 5.82 Å². The highest BCUT2D eigenvalue weighted by atomic mass is 16.4. The fourth-order valence-corrected chi connectivity index (χ4v) is 5.08. The lowest BCUT2D eigenvalue weighted by Crippen LogP contribution is -2.40. The van der Waals surface area contributed by atoms with Crippen LogP contribution in [0.15, 0.2) is 39.5 Å². The highest BCUT2D eigenvalue weighted by Crippen LogP contribution is 2.26. The minimum atomic E-state index is -1.09. The fraction of sp³-hybridized carbons (Fsp3) is 0.423. The monoisotopic (exact) mass is 507 g/mol. The van der Waals surface area contributed by atoms with E-state index in [1.165, 1.54) is 16.5 Å². The number of amides is 2. The predicted molar refractivity (Wildman–Crippen MR) is 134 cm³/mol. The molecule has 2 atom stereocenters. The average Bonchev–Trinajstić information content (AvgIpc) is 3.42. The Hall–Kier alpha value is -4.15. The third-order valence-electron chi connectivity index (χ3n) is 7.01. The van der Waals surface area contributed by atoms with Crippen molar-refractivity contribution in [1.82, 2.24) is 20.2 Å². The summed E-state index contributed by atoms with van der Waals surface area (Å²) in [5, 5.41) is 15.4. The van der Waals surface area contributed by atoms with Gasteiger partial charge in [-0.15, -0.1) is 0 Å². The van der Waals surface area contributed by atoms with Crippen molar-refractivity contribution in [1.29, 1.82) is 0 Å². The van der Waals surface area contributed by atoms with Gasteiger partial charge in [-0.1, -0.05) is 12.1 Å². The van der Waals surface area contributed by atoms with Gasteiger partial charge in [-0.05, 0) is 61.4 Å². The Labute approximate surface area is 212 Å². The molecule has 0 spiro atoms. The molecule has 4 heterocycles. The van der Waals surface area contributed by atoms with Crippen LogP contribution in [0.1, 0.15) is 48.5 Å². The number of H-pyrrole nitrogens is 1. The smallest absolute Gasteiger partial charge is 0.417 e. The Morgan fingerprint density at radius 2 is 2.11 bits per heavy atom. The SMILES string of the molecule is O=C(O)C[C@H](NC(=O)CN1CC[C@H](CCc2ccc3c(n2)NCCC3)C1=O)c1ccc2[nH]c(=O)oc2c1. The van der Waals surface area contributed by atoms with E-state index in [2.05, 4.69) is 21.7 Å². The number of fused-ring (bicyclic) bond motifs is 2. The van der Waals surface area contributed by atoms with Crippen molar-refractivity contribution in [3.8, 4) is 0 Å². The standard InChI is InChI=1S/C26H29N5O6/c32-22(29-20(13-23(33)34)17-5-8-19-21(12-17)37-26(36)30-19)14-31-11-9-16(25(31)35)4-7-18-6-3-15-2-1-10-27-24(15)28-18/h3,5-6,8,12,16,20H,1-2,4,7,9-11,13-14H2,(H,27,28)(H,29,32)(H,30,36)(H,33,34)/t16-,20-/m0/s1. The van der Waals surface area contributed by atoms with Gasteiger partial charge in [-0.3, -0.25) is 19.4 Å². The molecule has 5 rings (SSSR count). The van der Waals surface area contributed by atoms with Crippen LogP contribution in [0.2, 0.25) is 0 Å². The molecule has 1 aromatic carbocycles. The number of hydrogen-bond donors (Lipinski definition) is 4. The highest BCUT2D eigenvalue weighted by molar-refractivity contribution is 5.87. The summed E-state index contributed by atoms with van der Waals surface area (Å²) >= 11 is 0. The molecule has 0 bridgehead atoms. The number of carbonyl (C=O) groups excluding carboxylic acids is 2. The van der Waals surface area contributed by atoms with Crippen LogP contribution in [-0.2, 0) is 27.2 Å². The number of nitrogens with zero attached hydrogens (tertiary/aromatic N) is 2. The van der Waals surface area contributed by atoms with Gasteiger partial charge >= 0.3 is 11.7 Å². The van der Waals surface area contributed by atoms with Gasteiger partial charge in [-0.25, -0.2) is 9.78 Å². The van der Waals surface area contributed by atoms with Gasteiger partial charge in [0.05, 0.1) is 24.5 Å². The Morgan fingerprint density at radius 1 is 1.24 bits per heavy atom. The normalized spacial score (nSPS) is 17.9. The van der Waals surface area contributed by atoms with E-state index in [9.17, 15) is 24.3 Å². The van der Waals surface area contributed by atoms with E-state index in [0.717, 1.165) is 30.9 Å². The Kier molecular flexibility index (Phi) is 6.93. The molecular weight excluding hydrogens is 478 g/mol. The van der Waals surface area contributed by atoms with E-state index in [-0.39, 0.29) is 30.4 Å². The molecule has 1 saturated heterocycles. The number of likely N-dealkylation sites (tertiary alicyclic amines) is 1. The van der Waals surface area contributed by atoms with Crippen LogP contribution >= 0.6 is 0 Å². The van der Waals surface area contributed by atoms with Crippen molar-refractivity contribution in [2.45, 2.75) is 44.6 Å². The van der Waals surface area contributed by atoms with E-state index in [4.69, 9.17) is 9.40 Å². The van der Waals surface area contributed by atoms with Crippen LogP contribution in [0.3, 0.4) is 0 Å². The van der Waals surface area contributed by atoms with Gasteiger partial charge in [0.15, 0.2) is 5.58 Å². The first-order chi connectivity index (χ1) is 17.9. The molecule has 2 aromatic heterocycles. The third-order valence-corrected chi connectivity index (χ3v) is 7.01. The number of hydrogen-bond acceptors (Lipinski definition) is 7. The number of rotatable bonds is 9. The largest absolute Gasteiger partial charge is 0.481 e. The maximum absolute atomic E-state index is 13.0. The summed E-state index contributed by atoms with van der Waals surface area (Å²) < 4.78 is 5.05. The maximum atomic E-state index is 13.0. The molecule has 2 aliphatic rings. The summed E-state index contributed by atoms with van der Waals surface area (Å²) in [6.07, 6.45) is 3.78. The number of aromatic amines is 1. The van der Waals surface area contributed by atoms with Crippen molar-refractivity contribution < 1.29 is 23.9 Å². The zero-order valence-electron chi connectivity index (χ0n) is 20.3. The van der Waals surface area contributed by atoms with Gasteiger partial charge in [0.25, 0.3) is 0 Å². The zero-order valence-corrected chi connectivity index (χ0v) is 20.3. The number of carboxylic acid groups (broad SMARTS) is 1. The predicted octanol–water partition coefficient (Wildman–Crippen LogP) is 1.99.